The summed E-state index contributed by atoms with van der Waals surface area (Å²) in [5, 5.41) is 14.2. The fourth-order valence-corrected chi connectivity index (χ4v) is 2.36. The van der Waals surface area contributed by atoms with Crippen LogP contribution in [-0.2, 0) is 9.53 Å². The molecule has 2 aromatic rings. The van der Waals surface area contributed by atoms with Gasteiger partial charge in [0.25, 0.3) is 0 Å². The number of fused-ring (bicyclic) bond motifs is 1. The molecule has 0 heterocycles. The molecule has 5 heteroatoms. The molecule has 0 amide bonds. The number of aliphatic carboxylic acids is 1. The number of carboxylic acid groups (broad SMARTS) is 1. The highest BCUT2D eigenvalue weighted by Gasteiger charge is 2.22. The van der Waals surface area contributed by atoms with Crippen LogP contribution in [0.1, 0.15) is 11.6 Å². The third-order valence-corrected chi connectivity index (χ3v) is 3.35. The van der Waals surface area contributed by atoms with E-state index < -0.39 is 12.0 Å². The van der Waals surface area contributed by atoms with Crippen LogP contribution in [0.4, 0.5) is 0 Å². The molecule has 2 rings (SSSR count). The Labute approximate surface area is 123 Å². The van der Waals surface area contributed by atoms with Gasteiger partial charge in [0.2, 0.25) is 0 Å². The third-order valence-electron chi connectivity index (χ3n) is 3.35. The molecule has 0 aromatic heterocycles. The van der Waals surface area contributed by atoms with E-state index in [1.807, 2.05) is 24.3 Å². The average molecular weight is 289 g/mol. The number of ether oxygens (including phenoxy) is 2. The summed E-state index contributed by atoms with van der Waals surface area (Å²) in [6.45, 7) is 0.922. The van der Waals surface area contributed by atoms with Crippen molar-refractivity contribution in [2.24, 2.45) is 0 Å². The van der Waals surface area contributed by atoms with Crippen LogP contribution in [0.25, 0.3) is 10.8 Å². The quantitative estimate of drug-likeness (QED) is 0.765. The van der Waals surface area contributed by atoms with Crippen molar-refractivity contribution in [3.8, 4) is 5.75 Å². The zero-order chi connectivity index (χ0) is 15.2. The predicted molar refractivity (Wildman–Crippen MR) is 80.8 cm³/mol. The number of carboxylic acids is 1. The maximum atomic E-state index is 11.6. The van der Waals surface area contributed by atoms with Crippen LogP contribution >= 0.6 is 0 Å². The van der Waals surface area contributed by atoms with Gasteiger partial charge in [0.1, 0.15) is 11.8 Å². The Morgan fingerprint density at radius 2 is 1.90 bits per heavy atom. The second-order valence-corrected chi connectivity index (χ2v) is 4.62. The molecule has 0 aliphatic rings. The Morgan fingerprint density at radius 1 is 1.19 bits per heavy atom. The van der Waals surface area contributed by atoms with Gasteiger partial charge in [-0.1, -0.05) is 30.3 Å². The van der Waals surface area contributed by atoms with E-state index in [-0.39, 0.29) is 0 Å². The molecule has 0 saturated carbocycles. The van der Waals surface area contributed by atoms with Crippen molar-refractivity contribution in [3.05, 3.63) is 42.0 Å². The van der Waals surface area contributed by atoms with Gasteiger partial charge in [-0.3, -0.25) is 10.1 Å². The summed E-state index contributed by atoms with van der Waals surface area (Å²) in [5.41, 5.74) is 0.718. The summed E-state index contributed by atoms with van der Waals surface area (Å²) < 4.78 is 10.3. The summed E-state index contributed by atoms with van der Waals surface area (Å²) in [6.07, 6.45) is 0. The van der Waals surface area contributed by atoms with Crippen LogP contribution in [0.3, 0.4) is 0 Å². The largest absolute Gasteiger partial charge is 0.496 e. The molecule has 0 aliphatic heterocycles. The van der Waals surface area contributed by atoms with Gasteiger partial charge in [0, 0.05) is 19.0 Å². The number of nitrogens with one attached hydrogen (secondary N) is 1. The molecular formula is C16H19NO4. The number of hydrogen-bond acceptors (Lipinski definition) is 4. The smallest absolute Gasteiger partial charge is 0.325 e. The third kappa shape index (κ3) is 3.32. The van der Waals surface area contributed by atoms with Gasteiger partial charge in [-0.25, -0.2) is 0 Å². The molecule has 2 N–H and O–H groups in total. The second kappa shape index (κ2) is 7.06. The first-order valence-electron chi connectivity index (χ1n) is 6.69. The molecule has 0 bridgehead atoms. The van der Waals surface area contributed by atoms with Crippen molar-refractivity contribution < 1.29 is 19.4 Å². The topological polar surface area (TPSA) is 67.8 Å². The van der Waals surface area contributed by atoms with E-state index in [4.69, 9.17) is 9.47 Å². The molecule has 0 radical (unpaired) electrons. The molecule has 0 aliphatic carbocycles. The lowest BCUT2D eigenvalue weighted by atomic mass is 9.98. The summed E-state index contributed by atoms with van der Waals surface area (Å²) in [5.74, 6) is -0.184. The lowest BCUT2D eigenvalue weighted by Gasteiger charge is -2.18. The average Bonchev–Trinajstić information content (AvgIpc) is 2.50. The zero-order valence-electron chi connectivity index (χ0n) is 12.1. The Morgan fingerprint density at radius 3 is 2.52 bits per heavy atom. The molecule has 2 aromatic carbocycles. The highest BCUT2D eigenvalue weighted by Crippen LogP contribution is 2.31. The van der Waals surface area contributed by atoms with E-state index in [1.54, 1.807) is 26.4 Å². The SMILES string of the molecule is COCCNC(C(=O)O)c1ccc(OC)c2ccccc12. The fourth-order valence-electron chi connectivity index (χ4n) is 2.36. The van der Waals surface area contributed by atoms with Crippen LogP contribution in [0.15, 0.2) is 36.4 Å². The first-order chi connectivity index (χ1) is 10.2. The van der Waals surface area contributed by atoms with Crippen LogP contribution in [0.5, 0.6) is 5.75 Å². The van der Waals surface area contributed by atoms with E-state index in [2.05, 4.69) is 5.32 Å². The Hall–Kier alpha value is -2.11. The van der Waals surface area contributed by atoms with Crippen molar-refractivity contribution in [2.45, 2.75) is 6.04 Å². The number of hydrogen-bond donors (Lipinski definition) is 2. The molecule has 1 unspecified atom stereocenters. The molecule has 0 fully saturated rings. The molecule has 21 heavy (non-hydrogen) atoms. The first kappa shape index (κ1) is 15.3. The molecule has 0 spiro atoms. The number of carbonyl (C=O) groups is 1. The minimum atomic E-state index is -0.915. The van der Waals surface area contributed by atoms with E-state index in [0.29, 0.717) is 13.2 Å². The Balaban J connectivity index is 2.45. The van der Waals surface area contributed by atoms with Crippen molar-refractivity contribution in [2.75, 3.05) is 27.4 Å². The molecule has 112 valence electrons. The van der Waals surface area contributed by atoms with Crippen LogP contribution < -0.4 is 10.1 Å². The van der Waals surface area contributed by atoms with Gasteiger partial charge < -0.3 is 14.6 Å². The minimum absolute atomic E-state index is 0.456. The van der Waals surface area contributed by atoms with Gasteiger partial charge in [-0.15, -0.1) is 0 Å². The van der Waals surface area contributed by atoms with Crippen molar-refractivity contribution in [1.82, 2.24) is 5.32 Å². The maximum Gasteiger partial charge on any atom is 0.325 e. The van der Waals surface area contributed by atoms with Crippen molar-refractivity contribution in [3.63, 3.8) is 0 Å². The normalized spacial score (nSPS) is 12.3. The zero-order valence-corrected chi connectivity index (χ0v) is 12.1. The monoisotopic (exact) mass is 289 g/mol. The van der Waals surface area contributed by atoms with Crippen molar-refractivity contribution >= 4 is 16.7 Å². The molecule has 5 nitrogen and oxygen atoms in total. The lowest BCUT2D eigenvalue weighted by molar-refractivity contribution is -0.139. The van der Waals surface area contributed by atoms with Gasteiger partial charge in [0.15, 0.2) is 0 Å². The summed E-state index contributed by atoms with van der Waals surface area (Å²) >= 11 is 0. The minimum Gasteiger partial charge on any atom is -0.496 e. The Kier molecular flexibility index (Phi) is 5.14. The molecule has 1 atom stereocenters. The van der Waals surface area contributed by atoms with Gasteiger partial charge in [0.05, 0.1) is 13.7 Å². The Bertz CT molecular complexity index is 627. The first-order valence-corrected chi connectivity index (χ1v) is 6.69. The van der Waals surface area contributed by atoms with E-state index in [0.717, 1.165) is 22.1 Å². The molecule has 0 saturated heterocycles. The standard InChI is InChI=1S/C16H19NO4/c1-20-10-9-17-15(16(18)19)13-7-8-14(21-2)12-6-4-3-5-11(12)13/h3-8,15,17H,9-10H2,1-2H3,(H,18,19). The van der Waals surface area contributed by atoms with Crippen LogP contribution in [-0.4, -0.2) is 38.4 Å². The van der Waals surface area contributed by atoms with Gasteiger partial charge in [-0.05, 0) is 17.0 Å². The van der Waals surface area contributed by atoms with Crippen LogP contribution in [0, 0.1) is 0 Å². The summed E-state index contributed by atoms with van der Waals surface area (Å²) in [4.78, 5) is 11.6. The lowest BCUT2D eigenvalue weighted by Crippen LogP contribution is -2.31. The van der Waals surface area contributed by atoms with Crippen LogP contribution in [0.2, 0.25) is 0 Å². The fraction of sp³-hybridized carbons (Fsp3) is 0.312. The van der Waals surface area contributed by atoms with E-state index >= 15 is 0 Å². The van der Waals surface area contributed by atoms with Crippen molar-refractivity contribution in [1.29, 1.82) is 0 Å². The second-order valence-electron chi connectivity index (χ2n) is 4.62. The predicted octanol–water partition coefficient (Wildman–Crippen LogP) is 2.21. The summed E-state index contributed by atoms with van der Waals surface area (Å²) in [6, 6.07) is 10.4. The highest BCUT2D eigenvalue weighted by atomic mass is 16.5. The number of benzene rings is 2. The van der Waals surface area contributed by atoms with E-state index in [9.17, 15) is 9.90 Å². The van der Waals surface area contributed by atoms with Gasteiger partial charge >= 0.3 is 5.97 Å². The molecular weight excluding hydrogens is 270 g/mol. The highest BCUT2D eigenvalue weighted by molar-refractivity contribution is 5.94. The number of methoxy groups -OCH3 is 2. The maximum absolute atomic E-state index is 11.6. The van der Waals surface area contributed by atoms with Gasteiger partial charge in [-0.2, -0.15) is 0 Å². The number of rotatable bonds is 7. The van der Waals surface area contributed by atoms with E-state index in [1.165, 1.54) is 0 Å². The summed E-state index contributed by atoms with van der Waals surface area (Å²) in [7, 11) is 3.19.